The van der Waals surface area contributed by atoms with Gasteiger partial charge >= 0.3 is 6.01 Å². The molecule has 1 unspecified atom stereocenters. The lowest BCUT2D eigenvalue weighted by molar-refractivity contribution is -0.165. The van der Waals surface area contributed by atoms with Crippen molar-refractivity contribution >= 4 is 10.0 Å². The van der Waals surface area contributed by atoms with Gasteiger partial charge in [-0.05, 0) is 25.8 Å². The molecule has 0 amide bonds. The van der Waals surface area contributed by atoms with E-state index in [-0.39, 0.29) is 11.4 Å². The molecule has 2 aliphatic heterocycles. The molecule has 1 saturated carbocycles. The Morgan fingerprint density at radius 2 is 2.13 bits per heavy atom. The highest BCUT2D eigenvalue weighted by molar-refractivity contribution is 7.90. The molecule has 1 atom stereocenters. The van der Waals surface area contributed by atoms with Gasteiger partial charge in [0.05, 0.1) is 17.5 Å². The Morgan fingerprint density at radius 3 is 2.83 bits per heavy atom. The minimum absolute atomic E-state index is 0.0312. The average Bonchev–Trinajstić information content (AvgIpc) is 3.30. The lowest BCUT2D eigenvalue weighted by Crippen LogP contribution is -2.67. The fourth-order valence-electron chi connectivity index (χ4n) is 3.29. The topological polar surface area (TPSA) is 81.6 Å². The molecule has 126 valence electrons. The normalized spacial score (nSPS) is 27.6. The monoisotopic (exact) mass is 339 g/mol. The van der Waals surface area contributed by atoms with Gasteiger partial charge in [0.2, 0.25) is 10.0 Å². The molecule has 3 fully saturated rings. The first-order valence-corrected chi connectivity index (χ1v) is 9.56. The summed E-state index contributed by atoms with van der Waals surface area (Å²) in [6.07, 6.45) is 4.69. The summed E-state index contributed by atoms with van der Waals surface area (Å²) in [5.41, 5.74) is 0.469. The molecule has 0 bridgehead atoms. The molecule has 0 aromatic carbocycles. The molecule has 0 radical (unpaired) electrons. The van der Waals surface area contributed by atoms with Crippen LogP contribution in [-0.4, -0.2) is 59.3 Å². The molecule has 3 heterocycles. The Balaban J connectivity index is 1.38. The highest BCUT2D eigenvalue weighted by Crippen LogP contribution is 2.41. The van der Waals surface area contributed by atoms with Crippen molar-refractivity contribution in [2.75, 3.05) is 19.7 Å². The first-order valence-electron chi connectivity index (χ1n) is 8.06. The second-order valence-electron chi connectivity index (χ2n) is 6.76. The lowest BCUT2D eigenvalue weighted by Gasteiger charge is -2.52. The van der Waals surface area contributed by atoms with E-state index < -0.39 is 15.6 Å². The number of hydrogen-bond acceptors (Lipinski definition) is 6. The number of rotatable bonds is 4. The third-order valence-corrected chi connectivity index (χ3v) is 7.02. The molecule has 1 aromatic rings. The maximum atomic E-state index is 12.2. The van der Waals surface area contributed by atoms with Crippen molar-refractivity contribution in [2.45, 2.75) is 49.6 Å². The Kier molecular flexibility index (Phi) is 3.58. The van der Waals surface area contributed by atoms with E-state index in [1.165, 1.54) is 0 Å². The first kappa shape index (κ1) is 15.3. The quantitative estimate of drug-likeness (QED) is 0.810. The summed E-state index contributed by atoms with van der Waals surface area (Å²) in [6.45, 7) is 3.36. The second-order valence-corrected chi connectivity index (χ2v) is 8.97. The largest absolute Gasteiger partial charge is 0.460 e. The van der Waals surface area contributed by atoms with Crippen molar-refractivity contribution in [3.8, 4) is 6.01 Å². The van der Waals surface area contributed by atoms with Crippen LogP contribution in [0.15, 0.2) is 12.3 Å². The van der Waals surface area contributed by atoms with E-state index in [9.17, 15) is 8.42 Å². The Labute approximate surface area is 136 Å². The van der Waals surface area contributed by atoms with Crippen LogP contribution in [0.3, 0.4) is 0 Å². The zero-order chi connectivity index (χ0) is 16.1. The summed E-state index contributed by atoms with van der Waals surface area (Å²) < 4.78 is 37.8. The van der Waals surface area contributed by atoms with Crippen LogP contribution >= 0.6 is 0 Å². The van der Waals surface area contributed by atoms with Crippen LogP contribution in [-0.2, 0) is 14.8 Å². The minimum Gasteiger partial charge on any atom is -0.460 e. The van der Waals surface area contributed by atoms with Gasteiger partial charge in [0.15, 0.2) is 0 Å². The summed E-state index contributed by atoms with van der Waals surface area (Å²) in [5.74, 6) is 0. The van der Waals surface area contributed by atoms with E-state index in [0.29, 0.717) is 32.1 Å². The number of hydrogen-bond donors (Lipinski definition) is 0. The van der Waals surface area contributed by atoms with E-state index in [1.807, 2.05) is 13.0 Å². The summed E-state index contributed by atoms with van der Waals surface area (Å²) in [5, 5.41) is -0.156. The molecule has 0 N–H and O–H groups in total. The molecule has 1 aliphatic carbocycles. The van der Waals surface area contributed by atoms with E-state index in [1.54, 1.807) is 10.5 Å². The first-order chi connectivity index (χ1) is 11.0. The Hall–Kier alpha value is -1.25. The molecule has 4 rings (SSSR count). The van der Waals surface area contributed by atoms with Crippen LogP contribution in [0.2, 0.25) is 0 Å². The van der Waals surface area contributed by atoms with Crippen molar-refractivity contribution < 1.29 is 17.9 Å². The minimum atomic E-state index is -3.10. The fraction of sp³-hybridized carbons (Fsp3) is 0.733. The number of aromatic nitrogens is 2. The van der Waals surface area contributed by atoms with Crippen molar-refractivity contribution in [1.82, 2.24) is 14.3 Å². The second kappa shape index (κ2) is 5.39. The van der Waals surface area contributed by atoms with Crippen molar-refractivity contribution in [3.63, 3.8) is 0 Å². The average molecular weight is 339 g/mol. The fourth-order valence-corrected chi connectivity index (χ4v) is 5.27. The van der Waals surface area contributed by atoms with Crippen LogP contribution in [0.1, 0.15) is 31.4 Å². The lowest BCUT2D eigenvalue weighted by atomic mass is 9.86. The summed E-state index contributed by atoms with van der Waals surface area (Å²) in [6, 6.07) is 2.21. The van der Waals surface area contributed by atoms with Gasteiger partial charge in [0.25, 0.3) is 0 Å². The van der Waals surface area contributed by atoms with Crippen LogP contribution < -0.4 is 4.74 Å². The van der Waals surface area contributed by atoms with Crippen LogP contribution in [0.4, 0.5) is 0 Å². The summed E-state index contributed by atoms with van der Waals surface area (Å²) in [4.78, 5) is 8.39. The molecular formula is C15H21N3O4S. The Bertz CT molecular complexity index is 698. The van der Waals surface area contributed by atoms with Crippen molar-refractivity contribution in [1.29, 1.82) is 0 Å². The van der Waals surface area contributed by atoms with Gasteiger partial charge in [-0.3, -0.25) is 0 Å². The smallest absolute Gasteiger partial charge is 0.316 e. The predicted octanol–water partition coefficient (Wildman–Crippen LogP) is 0.889. The summed E-state index contributed by atoms with van der Waals surface area (Å²) >= 11 is 0. The number of ether oxygens (including phenoxy) is 2. The molecular weight excluding hydrogens is 318 g/mol. The molecule has 3 aliphatic rings. The third kappa shape index (κ3) is 2.95. The van der Waals surface area contributed by atoms with Gasteiger partial charge in [-0.1, -0.05) is 0 Å². The van der Waals surface area contributed by atoms with Gasteiger partial charge in [-0.2, -0.15) is 4.31 Å². The maximum absolute atomic E-state index is 12.2. The molecule has 23 heavy (non-hydrogen) atoms. The number of nitrogens with zero attached hydrogens (tertiary/aromatic N) is 3. The van der Waals surface area contributed by atoms with Gasteiger partial charge in [-0.25, -0.2) is 18.4 Å². The van der Waals surface area contributed by atoms with Crippen LogP contribution in [0, 0.1) is 6.92 Å². The Morgan fingerprint density at radius 1 is 1.35 bits per heavy atom. The number of aryl methyl sites for hydroxylation is 1. The standard InChI is InChI=1S/C15H21N3O4S/c1-11-4-6-16-14(17-11)22-12-5-7-21-15(8-12)9-18(10-15)23(19,20)13-2-3-13/h4,6,12-13H,2-3,5,7-10H2,1H3. The van der Waals surface area contributed by atoms with Gasteiger partial charge in [0.1, 0.15) is 6.10 Å². The highest BCUT2D eigenvalue weighted by atomic mass is 32.2. The van der Waals surface area contributed by atoms with Crippen LogP contribution in [0.25, 0.3) is 0 Å². The zero-order valence-electron chi connectivity index (χ0n) is 13.1. The SMILES string of the molecule is Cc1ccnc(OC2CCOC3(C2)CN(S(=O)(=O)C2CC2)C3)n1. The summed E-state index contributed by atoms with van der Waals surface area (Å²) in [7, 11) is -3.10. The third-order valence-electron chi connectivity index (χ3n) is 4.73. The highest BCUT2D eigenvalue weighted by Gasteiger charge is 2.55. The van der Waals surface area contributed by atoms with Crippen molar-refractivity contribution in [2.24, 2.45) is 0 Å². The molecule has 7 nitrogen and oxygen atoms in total. The van der Waals surface area contributed by atoms with E-state index in [4.69, 9.17) is 9.47 Å². The molecule has 1 aromatic heterocycles. The number of sulfonamides is 1. The van der Waals surface area contributed by atoms with Gasteiger partial charge in [0, 0.05) is 37.8 Å². The van der Waals surface area contributed by atoms with E-state index in [0.717, 1.165) is 25.0 Å². The zero-order valence-corrected chi connectivity index (χ0v) is 14.0. The molecule has 2 saturated heterocycles. The van der Waals surface area contributed by atoms with Crippen molar-refractivity contribution in [3.05, 3.63) is 18.0 Å². The predicted molar refractivity (Wildman–Crippen MR) is 82.6 cm³/mol. The maximum Gasteiger partial charge on any atom is 0.316 e. The van der Waals surface area contributed by atoms with E-state index >= 15 is 0 Å². The molecule has 1 spiro atoms. The van der Waals surface area contributed by atoms with Crippen LogP contribution in [0.5, 0.6) is 6.01 Å². The van der Waals surface area contributed by atoms with Gasteiger partial charge in [-0.15, -0.1) is 0 Å². The molecule has 8 heteroatoms. The van der Waals surface area contributed by atoms with E-state index in [2.05, 4.69) is 9.97 Å². The van der Waals surface area contributed by atoms with Gasteiger partial charge < -0.3 is 9.47 Å².